The molecule has 2 aromatic rings. The number of Topliss-reactive ketones (excluding diaryl/α,β-unsaturated/α-hetero) is 1. The molecule has 0 radical (unpaired) electrons. The summed E-state index contributed by atoms with van der Waals surface area (Å²) < 4.78 is 15.5. The molecular formula is C29H25NO8. The number of imide groups is 1. The van der Waals surface area contributed by atoms with Gasteiger partial charge in [-0.15, -0.1) is 0 Å². The van der Waals surface area contributed by atoms with Crippen molar-refractivity contribution in [1.82, 2.24) is 4.90 Å². The molecule has 6 unspecified atom stereocenters. The minimum atomic E-state index is -0.812. The van der Waals surface area contributed by atoms with Crippen molar-refractivity contribution >= 4 is 29.5 Å². The smallest absolute Gasteiger partial charge is 0.343 e. The van der Waals surface area contributed by atoms with Crippen LogP contribution in [0.15, 0.2) is 60.7 Å². The van der Waals surface area contributed by atoms with Gasteiger partial charge in [0.2, 0.25) is 11.8 Å². The highest BCUT2D eigenvalue weighted by atomic mass is 16.5. The number of benzene rings is 2. The van der Waals surface area contributed by atoms with E-state index < -0.39 is 30.9 Å². The van der Waals surface area contributed by atoms with Gasteiger partial charge in [0, 0.05) is 5.56 Å². The zero-order chi connectivity index (χ0) is 26.6. The fraction of sp³-hybridized carbons (Fsp3) is 0.345. The molecular weight excluding hydrogens is 490 g/mol. The Hall–Kier alpha value is -4.27. The number of likely N-dealkylation sites (tertiary alicyclic amines) is 1. The fourth-order valence-corrected chi connectivity index (χ4v) is 6.20. The predicted molar refractivity (Wildman–Crippen MR) is 131 cm³/mol. The number of carbonyl (C=O) groups is 5. The van der Waals surface area contributed by atoms with Crippen LogP contribution >= 0.6 is 0 Å². The molecule has 2 aromatic carbocycles. The SMILES string of the molecule is COc1cccc(C(=O)Oc2ccc(C(=O)COC(=O)CN3C(=O)C4C5C=CC(C6CC56)C4C3=O)cc2)c1. The van der Waals surface area contributed by atoms with E-state index in [9.17, 15) is 24.0 Å². The monoisotopic (exact) mass is 515 g/mol. The van der Waals surface area contributed by atoms with Crippen LogP contribution in [-0.2, 0) is 19.1 Å². The Morgan fingerprint density at radius 1 is 0.868 bits per heavy atom. The Morgan fingerprint density at radius 3 is 2.16 bits per heavy atom. The van der Waals surface area contributed by atoms with E-state index in [1.165, 1.54) is 31.4 Å². The van der Waals surface area contributed by atoms with E-state index in [2.05, 4.69) is 12.2 Å². The third kappa shape index (κ3) is 4.08. The van der Waals surface area contributed by atoms with Gasteiger partial charge in [-0.25, -0.2) is 4.79 Å². The van der Waals surface area contributed by atoms with E-state index >= 15 is 0 Å². The van der Waals surface area contributed by atoms with Crippen LogP contribution in [0, 0.1) is 35.5 Å². The summed E-state index contributed by atoms with van der Waals surface area (Å²) in [5.41, 5.74) is 0.562. The number of ether oxygens (including phenoxy) is 3. The Bertz CT molecular complexity index is 1340. The third-order valence-corrected chi connectivity index (χ3v) is 8.10. The molecule has 4 aliphatic carbocycles. The standard InChI is InChI=1S/C29H25NO8/c1-36-18-4-2-3-16(11-18)29(35)38-17-7-5-15(6-8-17)23(31)14-37-24(32)13-30-27(33)25-19-9-10-20(22-12-21(19)22)26(25)28(30)34/h2-11,19-22,25-26H,12-14H2,1H3. The molecule has 5 aliphatic rings. The van der Waals surface area contributed by atoms with Crippen LogP contribution in [-0.4, -0.2) is 54.7 Å². The highest BCUT2D eigenvalue weighted by Gasteiger charge is 2.67. The Balaban J connectivity index is 1.01. The van der Waals surface area contributed by atoms with Gasteiger partial charge in [-0.05, 0) is 72.6 Å². The summed E-state index contributed by atoms with van der Waals surface area (Å²) in [6, 6.07) is 12.4. The van der Waals surface area contributed by atoms with Crippen molar-refractivity contribution in [3.8, 4) is 11.5 Å². The summed E-state index contributed by atoms with van der Waals surface area (Å²) in [5, 5.41) is 0. The van der Waals surface area contributed by atoms with Gasteiger partial charge in [0.05, 0.1) is 24.5 Å². The molecule has 3 fully saturated rings. The average molecular weight is 516 g/mol. The lowest BCUT2D eigenvalue weighted by atomic mass is 9.63. The van der Waals surface area contributed by atoms with Crippen molar-refractivity contribution in [2.24, 2.45) is 35.5 Å². The van der Waals surface area contributed by atoms with Crippen LogP contribution in [0.25, 0.3) is 0 Å². The van der Waals surface area contributed by atoms with E-state index in [0.717, 1.165) is 11.3 Å². The first-order valence-corrected chi connectivity index (χ1v) is 12.5. The highest BCUT2D eigenvalue weighted by molar-refractivity contribution is 6.08. The lowest BCUT2D eigenvalue weighted by Gasteiger charge is -2.37. The Labute approximate surface area is 218 Å². The van der Waals surface area contributed by atoms with Crippen molar-refractivity contribution in [2.75, 3.05) is 20.3 Å². The quantitative estimate of drug-likeness (QED) is 0.173. The zero-order valence-corrected chi connectivity index (χ0v) is 20.6. The maximum absolute atomic E-state index is 13.0. The molecule has 0 N–H and O–H groups in total. The molecule has 1 saturated heterocycles. The number of methoxy groups -OCH3 is 1. The normalized spacial score (nSPS) is 28.0. The number of amides is 2. The number of esters is 2. The van der Waals surface area contributed by atoms with Crippen molar-refractivity contribution < 1.29 is 38.2 Å². The van der Waals surface area contributed by atoms with Crippen molar-refractivity contribution in [3.05, 3.63) is 71.8 Å². The lowest BCUT2D eigenvalue weighted by molar-refractivity contribution is -0.152. The van der Waals surface area contributed by atoms with Crippen LogP contribution in [0.4, 0.5) is 0 Å². The molecule has 1 aliphatic heterocycles. The summed E-state index contributed by atoms with van der Waals surface area (Å²) in [6.07, 6.45) is 5.19. The number of carbonyl (C=O) groups excluding carboxylic acids is 5. The molecule has 38 heavy (non-hydrogen) atoms. The molecule has 1 heterocycles. The van der Waals surface area contributed by atoms with Gasteiger partial charge in [-0.3, -0.25) is 24.1 Å². The number of allylic oxidation sites excluding steroid dienone is 2. The Kier molecular flexibility index (Phi) is 5.86. The molecule has 9 heteroatoms. The summed E-state index contributed by atoms with van der Waals surface area (Å²) in [5.74, 6) is -1.39. The minimum Gasteiger partial charge on any atom is -0.497 e. The number of hydrogen-bond donors (Lipinski definition) is 0. The van der Waals surface area contributed by atoms with Crippen LogP contribution in [0.3, 0.4) is 0 Å². The molecule has 9 nitrogen and oxygen atoms in total. The van der Waals surface area contributed by atoms with Crippen molar-refractivity contribution in [3.63, 3.8) is 0 Å². The third-order valence-electron chi connectivity index (χ3n) is 8.10. The molecule has 2 saturated carbocycles. The van der Waals surface area contributed by atoms with E-state index in [-0.39, 0.29) is 46.8 Å². The lowest BCUT2D eigenvalue weighted by Crippen LogP contribution is -2.40. The second-order valence-electron chi connectivity index (χ2n) is 10.1. The number of nitrogens with zero attached hydrogens (tertiary/aromatic N) is 1. The maximum Gasteiger partial charge on any atom is 0.343 e. The first-order chi connectivity index (χ1) is 18.4. The second kappa shape index (κ2) is 9.24. The van der Waals surface area contributed by atoms with Gasteiger partial charge in [0.15, 0.2) is 12.4 Å². The molecule has 6 atom stereocenters. The van der Waals surface area contributed by atoms with E-state index in [4.69, 9.17) is 14.2 Å². The van der Waals surface area contributed by atoms with Crippen molar-refractivity contribution in [2.45, 2.75) is 6.42 Å². The predicted octanol–water partition coefficient (Wildman–Crippen LogP) is 2.69. The average Bonchev–Trinajstić information content (AvgIpc) is 3.73. The van der Waals surface area contributed by atoms with Crippen LogP contribution < -0.4 is 9.47 Å². The topological polar surface area (TPSA) is 116 Å². The summed E-state index contributed by atoms with van der Waals surface area (Å²) in [7, 11) is 1.50. The first kappa shape index (κ1) is 24.1. The van der Waals surface area contributed by atoms with Gasteiger partial charge in [0.1, 0.15) is 18.0 Å². The van der Waals surface area contributed by atoms with Crippen LogP contribution in [0.5, 0.6) is 11.5 Å². The van der Waals surface area contributed by atoms with E-state index in [1.807, 2.05) is 0 Å². The molecule has 0 aromatic heterocycles. The van der Waals surface area contributed by atoms with Gasteiger partial charge in [-0.2, -0.15) is 0 Å². The second-order valence-corrected chi connectivity index (χ2v) is 10.1. The van der Waals surface area contributed by atoms with Gasteiger partial charge >= 0.3 is 11.9 Å². The number of hydrogen-bond acceptors (Lipinski definition) is 8. The maximum atomic E-state index is 13.0. The fourth-order valence-electron chi connectivity index (χ4n) is 6.20. The zero-order valence-electron chi connectivity index (χ0n) is 20.6. The molecule has 194 valence electrons. The molecule has 2 bridgehead atoms. The first-order valence-electron chi connectivity index (χ1n) is 12.5. The number of ketones is 1. The van der Waals surface area contributed by atoms with E-state index in [0.29, 0.717) is 23.1 Å². The van der Waals surface area contributed by atoms with Crippen LogP contribution in [0.1, 0.15) is 27.1 Å². The number of rotatable bonds is 8. The minimum absolute atomic E-state index is 0.0758. The van der Waals surface area contributed by atoms with Crippen LogP contribution in [0.2, 0.25) is 0 Å². The van der Waals surface area contributed by atoms with Gasteiger partial charge in [0.25, 0.3) is 0 Å². The summed E-state index contributed by atoms with van der Waals surface area (Å²) in [4.78, 5) is 64.3. The summed E-state index contributed by atoms with van der Waals surface area (Å²) >= 11 is 0. The van der Waals surface area contributed by atoms with Gasteiger partial charge in [-0.1, -0.05) is 18.2 Å². The summed E-state index contributed by atoms with van der Waals surface area (Å²) in [6.45, 7) is -1.03. The largest absolute Gasteiger partial charge is 0.497 e. The molecule has 2 amide bonds. The Morgan fingerprint density at radius 2 is 1.53 bits per heavy atom. The molecule has 0 spiro atoms. The highest BCUT2D eigenvalue weighted by Crippen LogP contribution is 2.65. The van der Waals surface area contributed by atoms with E-state index in [1.54, 1.807) is 24.3 Å². The van der Waals surface area contributed by atoms with Crippen molar-refractivity contribution in [1.29, 1.82) is 0 Å². The molecule has 7 rings (SSSR count). The van der Waals surface area contributed by atoms with Gasteiger partial charge < -0.3 is 14.2 Å².